The highest BCUT2D eigenvalue weighted by atomic mass is 16.5. The first kappa shape index (κ1) is 13.7. The second-order valence-electron chi connectivity index (χ2n) is 4.90. The smallest absolute Gasteiger partial charge is 0.221 e. The molecule has 0 aliphatic rings. The lowest BCUT2D eigenvalue weighted by Gasteiger charge is -2.32. The van der Waals surface area contributed by atoms with Gasteiger partial charge in [0.15, 0.2) is 0 Å². The molecule has 0 atom stereocenters. The van der Waals surface area contributed by atoms with E-state index >= 15 is 0 Å². The van der Waals surface area contributed by atoms with Crippen LogP contribution in [0.1, 0.15) is 19.4 Å². The van der Waals surface area contributed by atoms with Gasteiger partial charge in [-0.2, -0.15) is 0 Å². The minimum atomic E-state index is -0.0306. The number of likely N-dealkylation sites (N-methyl/N-ethyl adjacent to an activating group) is 1. The van der Waals surface area contributed by atoms with E-state index in [1.54, 1.807) is 0 Å². The van der Waals surface area contributed by atoms with E-state index in [0.29, 0.717) is 12.5 Å². The van der Waals surface area contributed by atoms with Gasteiger partial charge in [0.2, 0.25) is 5.88 Å². The van der Waals surface area contributed by atoms with E-state index in [1.165, 1.54) is 6.33 Å². The second kappa shape index (κ2) is 5.31. The van der Waals surface area contributed by atoms with E-state index < -0.39 is 0 Å². The van der Waals surface area contributed by atoms with Crippen molar-refractivity contribution in [2.24, 2.45) is 0 Å². The summed E-state index contributed by atoms with van der Waals surface area (Å²) in [5, 5.41) is 3.01. The molecule has 0 unspecified atom stereocenters. The van der Waals surface area contributed by atoms with Crippen LogP contribution in [0.3, 0.4) is 0 Å². The summed E-state index contributed by atoms with van der Waals surface area (Å²) >= 11 is 0. The fourth-order valence-electron chi connectivity index (χ4n) is 1.21. The third-order valence-corrected chi connectivity index (χ3v) is 3.05. The first-order valence-electron chi connectivity index (χ1n) is 5.68. The molecule has 1 rings (SSSR count). The van der Waals surface area contributed by atoms with Crippen LogP contribution in [0.25, 0.3) is 0 Å². The lowest BCUT2D eigenvalue weighted by Crippen LogP contribution is -2.43. The zero-order chi connectivity index (χ0) is 13.1. The molecule has 0 radical (unpaired) electrons. The van der Waals surface area contributed by atoms with Gasteiger partial charge in [0.25, 0.3) is 0 Å². The Bertz CT molecular complexity index is 377. The summed E-state index contributed by atoms with van der Waals surface area (Å²) in [6.45, 7) is 6.79. The third-order valence-electron chi connectivity index (χ3n) is 3.05. The largest absolute Gasteiger partial charge is 0.475 e. The predicted octanol–water partition coefficient (Wildman–Crippen LogP) is 1.55. The van der Waals surface area contributed by atoms with Crippen LogP contribution in [0.15, 0.2) is 6.33 Å². The summed E-state index contributed by atoms with van der Waals surface area (Å²) in [5.41, 5.74) is 0.904. The second-order valence-corrected chi connectivity index (χ2v) is 4.90. The molecule has 1 aromatic heterocycles. The molecule has 0 aromatic carbocycles. The van der Waals surface area contributed by atoms with Crippen molar-refractivity contribution < 1.29 is 4.74 Å². The maximum Gasteiger partial charge on any atom is 0.221 e. The van der Waals surface area contributed by atoms with Gasteiger partial charge in [0.1, 0.15) is 18.8 Å². The quantitative estimate of drug-likeness (QED) is 0.843. The lowest BCUT2D eigenvalue weighted by molar-refractivity contribution is 0.110. The molecular formula is C12H22N4O. The van der Waals surface area contributed by atoms with E-state index in [9.17, 15) is 0 Å². The van der Waals surface area contributed by atoms with Crippen LogP contribution in [0.5, 0.6) is 5.88 Å². The van der Waals surface area contributed by atoms with Crippen LogP contribution in [-0.2, 0) is 0 Å². The first-order valence-corrected chi connectivity index (χ1v) is 5.68. The number of rotatable bonds is 5. The predicted molar refractivity (Wildman–Crippen MR) is 69.6 cm³/mol. The Morgan fingerprint density at radius 1 is 1.35 bits per heavy atom. The van der Waals surface area contributed by atoms with Crippen LogP contribution in [0, 0.1) is 6.92 Å². The molecule has 0 amide bonds. The van der Waals surface area contributed by atoms with Crippen molar-refractivity contribution >= 4 is 5.82 Å². The molecule has 0 bridgehead atoms. The Hall–Kier alpha value is -1.36. The van der Waals surface area contributed by atoms with E-state index in [0.717, 1.165) is 11.4 Å². The van der Waals surface area contributed by atoms with Gasteiger partial charge >= 0.3 is 0 Å². The molecule has 1 heterocycles. The van der Waals surface area contributed by atoms with Crippen LogP contribution >= 0.6 is 0 Å². The molecule has 96 valence electrons. The van der Waals surface area contributed by atoms with Gasteiger partial charge in [-0.1, -0.05) is 0 Å². The molecule has 0 spiro atoms. The van der Waals surface area contributed by atoms with Crippen LogP contribution in [0.2, 0.25) is 0 Å². The van der Waals surface area contributed by atoms with E-state index in [1.807, 2.05) is 28.1 Å². The van der Waals surface area contributed by atoms with E-state index in [2.05, 4.69) is 34.0 Å². The SMILES string of the molecule is CNc1ncnc(OCC(C)(C)N(C)C)c1C. The minimum absolute atomic E-state index is 0.0306. The normalized spacial score (nSPS) is 11.7. The topological polar surface area (TPSA) is 50.3 Å². The van der Waals surface area contributed by atoms with Crippen LogP contribution < -0.4 is 10.1 Å². The van der Waals surface area contributed by atoms with Gasteiger partial charge in [-0.25, -0.2) is 9.97 Å². The number of anilines is 1. The van der Waals surface area contributed by atoms with E-state index in [4.69, 9.17) is 4.74 Å². The zero-order valence-electron chi connectivity index (χ0n) is 11.5. The molecule has 0 fully saturated rings. The Kier molecular flexibility index (Phi) is 4.28. The third kappa shape index (κ3) is 3.30. The average Bonchev–Trinajstić information content (AvgIpc) is 2.27. The van der Waals surface area contributed by atoms with Crippen molar-refractivity contribution in [3.63, 3.8) is 0 Å². The number of ether oxygens (including phenoxy) is 1. The Balaban J connectivity index is 2.76. The fraction of sp³-hybridized carbons (Fsp3) is 0.667. The molecule has 5 nitrogen and oxygen atoms in total. The van der Waals surface area contributed by atoms with Gasteiger partial charge in [0.05, 0.1) is 5.56 Å². The maximum absolute atomic E-state index is 5.77. The van der Waals surface area contributed by atoms with E-state index in [-0.39, 0.29) is 5.54 Å². The van der Waals surface area contributed by atoms with Crippen molar-refractivity contribution in [3.05, 3.63) is 11.9 Å². The number of aromatic nitrogens is 2. The Labute approximate surface area is 103 Å². The maximum atomic E-state index is 5.77. The molecule has 0 aliphatic heterocycles. The van der Waals surface area contributed by atoms with Crippen molar-refractivity contribution in [3.8, 4) is 5.88 Å². The Morgan fingerprint density at radius 2 is 2.00 bits per heavy atom. The highest BCUT2D eigenvalue weighted by Crippen LogP contribution is 2.21. The molecule has 1 aromatic rings. The van der Waals surface area contributed by atoms with Crippen LogP contribution in [0.4, 0.5) is 5.82 Å². The zero-order valence-corrected chi connectivity index (χ0v) is 11.5. The van der Waals surface area contributed by atoms with Crippen LogP contribution in [-0.4, -0.2) is 48.2 Å². The molecule has 0 saturated heterocycles. The molecule has 5 heteroatoms. The monoisotopic (exact) mass is 238 g/mol. The van der Waals surface area contributed by atoms with Gasteiger partial charge in [-0.05, 0) is 34.9 Å². The fourth-order valence-corrected chi connectivity index (χ4v) is 1.21. The summed E-state index contributed by atoms with van der Waals surface area (Å²) in [4.78, 5) is 10.4. The van der Waals surface area contributed by atoms with Crippen molar-refractivity contribution in [1.29, 1.82) is 0 Å². The van der Waals surface area contributed by atoms with Gasteiger partial charge in [-0.15, -0.1) is 0 Å². The molecular weight excluding hydrogens is 216 g/mol. The molecule has 0 aliphatic carbocycles. The average molecular weight is 238 g/mol. The molecule has 0 saturated carbocycles. The lowest BCUT2D eigenvalue weighted by atomic mass is 10.1. The standard InChI is InChI=1S/C12H22N4O/c1-9-10(13-4)14-8-15-11(9)17-7-12(2,3)16(5)6/h8H,7H2,1-6H3,(H,13,14,15). The summed E-state index contributed by atoms with van der Waals surface area (Å²) in [5.74, 6) is 1.44. The van der Waals surface area contributed by atoms with Crippen molar-refractivity contribution in [2.75, 3.05) is 33.1 Å². The highest BCUT2D eigenvalue weighted by molar-refractivity contribution is 5.46. The van der Waals surface area contributed by atoms with Gasteiger partial charge in [-0.3, -0.25) is 0 Å². The number of hydrogen-bond donors (Lipinski definition) is 1. The van der Waals surface area contributed by atoms with Gasteiger partial charge in [0, 0.05) is 12.6 Å². The first-order chi connectivity index (χ1) is 7.88. The number of nitrogens with zero attached hydrogens (tertiary/aromatic N) is 3. The Morgan fingerprint density at radius 3 is 2.53 bits per heavy atom. The minimum Gasteiger partial charge on any atom is -0.475 e. The molecule has 1 N–H and O–H groups in total. The molecule has 17 heavy (non-hydrogen) atoms. The number of nitrogens with one attached hydrogen (secondary N) is 1. The number of hydrogen-bond acceptors (Lipinski definition) is 5. The summed E-state index contributed by atoms with van der Waals surface area (Å²) in [6.07, 6.45) is 1.51. The van der Waals surface area contributed by atoms with Crippen molar-refractivity contribution in [1.82, 2.24) is 14.9 Å². The summed E-state index contributed by atoms with van der Waals surface area (Å²) in [7, 11) is 5.91. The highest BCUT2D eigenvalue weighted by Gasteiger charge is 2.22. The summed E-state index contributed by atoms with van der Waals surface area (Å²) < 4.78 is 5.77. The summed E-state index contributed by atoms with van der Waals surface area (Å²) in [6, 6.07) is 0. The van der Waals surface area contributed by atoms with Gasteiger partial charge < -0.3 is 15.0 Å². The van der Waals surface area contributed by atoms with Crippen molar-refractivity contribution in [2.45, 2.75) is 26.3 Å².